The van der Waals surface area contributed by atoms with E-state index >= 15 is 0 Å². The number of rotatable bonds is 6. The van der Waals surface area contributed by atoms with Gasteiger partial charge in [0.15, 0.2) is 0 Å². The van der Waals surface area contributed by atoms with Gasteiger partial charge in [-0.05, 0) is 54.2 Å². The zero-order chi connectivity index (χ0) is 20.9. The first-order chi connectivity index (χ1) is 13.8. The molecule has 1 aliphatic carbocycles. The Morgan fingerprint density at radius 1 is 1.00 bits per heavy atom. The minimum Gasteiger partial charge on any atom is -0.349 e. The molecule has 0 radical (unpaired) electrons. The lowest BCUT2D eigenvalue weighted by Gasteiger charge is -2.34. The lowest BCUT2D eigenvalue weighted by atomic mass is 9.78. The van der Waals surface area contributed by atoms with Gasteiger partial charge in [-0.3, -0.25) is 9.52 Å². The topological polar surface area (TPSA) is 75.3 Å². The molecule has 1 aliphatic rings. The highest BCUT2D eigenvalue weighted by atomic mass is 32.2. The first kappa shape index (κ1) is 21.1. The largest absolute Gasteiger partial charge is 0.349 e. The second kappa shape index (κ2) is 9.27. The molecule has 2 aromatic rings. The van der Waals surface area contributed by atoms with E-state index < -0.39 is 10.0 Å². The van der Waals surface area contributed by atoms with Crippen molar-refractivity contribution in [2.24, 2.45) is 11.8 Å². The second-order valence-electron chi connectivity index (χ2n) is 7.79. The Morgan fingerprint density at radius 3 is 2.38 bits per heavy atom. The third kappa shape index (κ3) is 5.94. The summed E-state index contributed by atoms with van der Waals surface area (Å²) in [4.78, 5) is 12.6. The molecule has 1 amide bonds. The predicted octanol–water partition coefficient (Wildman–Crippen LogP) is 4.65. The van der Waals surface area contributed by atoms with E-state index in [0.29, 0.717) is 23.1 Å². The van der Waals surface area contributed by atoms with E-state index in [2.05, 4.69) is 23.9 Å². The van der Waals surface area contributed by atoms with Crippen LogP contribution in [0.4, 0.5) is 5.69 Å². The summed E-state index contributed by atoms with van der Waals surface area (Å²) in [5.74, 6) is 0.944. The van der Waals surface area contributed by atoms with Crippen molar-refractivity contribution in [1.29, 1.82) is 0 Å². The van der Waals surface area contributed by atoms with Gasteiger partial charge in [-0.2, -0.15) is 0 Å². The molecule has 0 spiro atoms. The van der Waals surface area contributed by atoms with Gasteiger partial charge in [0.05, 0.1) is 5.41 Å². The monoisotopic (exact) mass is 412 g/mol. The van der Waals surface area contributed by atoms with E-state index in [1.54, 1.807) is 24.3 Å². The molecule has 3 rings (SSSR count). The number of benzene rings is 2. The third-order valence-electron chi connectivity index (χ3n) is 5.67. The minimum atomic E-state index is -3.63. The molecule has 0 aromatic heterocycles. The van der Waals surface area contributed by atoms with Gasteiger partial charge >= 0.3 is 0 Å². The van der Waals surface area contributed by atoms with Gasteiger partial charge < -0.3 is 5.32 Å². The second-order valence-corrected chi connectivity index (χ2v) is 9.35. The summed E-state index contributed by atoms with van der Waals surface area (Å²) < 4.78 is 27.0. The highest BCUT2D eigenvalue weighted by Gasteiger charge is 2.28. The van der Waals surface area contributed by atoms with Gasteiger partial charge in [0.1, 0.15) is 0 Å². The Morgan fingerprint density at radius 2 is 1.69 bits per heavy atom. The van der Waals surface area contributed by atoms with Crippen LogP contribution in [0.1, 0.15) is 49.0 Å². The Bertz CT molecular complexity index is 953. The third-order valence-corrected chi connectivity index (χ3v) is 6.68. The van der Waals surface area contributed by atoms with E-state index in [0.717, 1.165) is 23.8 Å². The lowest BCUT2D eigenvalue weighted by Crippen LogP contribution is -2.43. The number of hydrogen-bond acceptors (Lipinski definition) is 3. The van der Waals surface area contributed by atoms with Gasteiger partial charge in [-0.25, -0.2) is 8.42 Å². The van der Waals surface area contributed by atoms with Crippen LogP contribution >= 0.6 is 0 Å². The van der Waals surface area contributed by atoms with Crippen molar-refractivity contribution in [3.05, 3.63) is 71.1 Å². The smallest absolute Gasteiger partial charge is 0.255 e. The SMILES string of the molecule is C[C@@H]1[C@@H](C)CCC[C@H]1NC(=O)c1ccc(NS(=O)(=O)/C=C/c2ccccc2)cc1. The van der Waals surface area contributed by atoms with Crippen LogP contribution in [0.2, 0.25) is 0 Å². The van der Waals surface area contributed by atoms with Crippen LogP contribution in [0, 0.1) is 11.8 Å². The molecule has 154 valence electrons. The van der Waals surface area contributed by atoms with E-state index in [1.165, 1.54) is 12.5 Å². The van der Waals surface area contributed by atoms with E-state index in [1.807, 2.05) is 30.3 Å². The molecule has 0 bridgehead atoms. The van der Waals surface area contributed by atoms with Gasteiger partial charge in [-0.1, -0.05) is 57.0 Å². The number of nitrogens with one attached hydrogen (secondary N) is 2. The number of carbonyl (C=O) groups excluding carboxylic acids is 1. The first-order valence-electron chi connectivity index (χ1n) is 10.0. The molecule has 0 unspecified atom stereocenters. The molecule has 5 nitrogen and oxygen atoms in total. The highest BCUT2D eigenvalue weighted by Crippen LogP contribution is 2.29. The van der Waals surface area contributed by atoms with Crippen molar-refractivity contribution >= 4 is 27.7 Å². The van der Waals surface area contributed by atoms with Crippen molar-refractivity contribution in [3.8, 4) is 0 Å². The molecule has 2 aromatic carbocycles. The summed E-state index contributed by atoms with van der Waals surface area (Å²) in [6, 6.07) is 15.9. The summed E-state index contributed by atoms with van der Waals surface area (Å²) in [5.41, 5.74) is 1.74. The number of carbonyl (C=O) groups is 1. The van der Waals surface area contributed by atoms with Crippen LogP contribution in [0.3, 0.4) is 0 Å². The predicted molar refractivity (Wildman–Crippen MR) is 118 cm³/mol. The molecular weight excluding hydrogens is 384 g/mol. The van der Waals surface area contributed by atoms with Crippen LogP contribution in [-0.4, -0.2) is 20.4 Å². The normalized spacial score (nSPS) is 22.3. The molecular formula is C23H28N2O3S. The zero-order valence-electron chi connectivity index (χ0n) is 16.8. The Balaban J connectivity index is 1.60. The molecule has 29 heavy (non-hydrogen) atoms. The standard InChI is InChI=1S/C23H28N2O3S/c1-17-7-6-10-22(18(17)2)24-23(26)20-11-13-21(14-12-20)25-29(27,28)16-15-19-8-4-3-5-9-19/h3-5,8-9,11-18,22,25H,6-7,10H2,1-2H3,(H,24,26)/b16-15+/t17-,18+,22+/m0/s1. The molecule has 2 N–H and O–H groups in total. The average molecular weight is 413 g/mol. The highest BCUT2D eigenvalue weighted by molar-refractivity contribution is 7.95. The molecule has 1 fully saturated rings. The number of amides is 1. The molecule has 0 saturated heterocycles. The van der Waals surface area contributed by atoms with Gasteiger partial charge in [0.2, 0.25) is 0 Å². The average Bonchev–Trinajstić information content (AvgIpc) is 2.71. The van der Waals surface area contributed by atoms with Crippen LogP contribution in [-0.2, 0) is 10.0 Å². The summed E-state index contributed by atoms with van der Waals surface area (Å²) in [7, 11) is -3.63. The lowest BCUT2D eigenvalue weighted by molar-refractivity contribution is 0.0891. The number of anilines is 1. The van der Waals surface area contributed by atoms with Crippen molar-refractivity contribution in [3.63, 3.8) is 0 Å². The van der Waals surface area contributed by atoms with Crippen LogP contribution in [0.15, 0.2) is 60.0 Å². The summed E-state index contributed by atoms with van der Waals surface area (Å²) in [5, 5.41) is 4.27. The van der Waals surface area contributed by atoms with Crippen molar-refractivity contribution in [2.45, 2.75) is 39.2 Å². The van der Waals surface area contributed by atoms with Crippen molar-refractivity contribution in [2.75, 3.05) is 4.72 Å². The first-order valence-corrected chi connectivity index (χ1v) is 11.6. The number of hydrogen-bond donors (Lipinski definition) is 2. The molecule has 0 aliphatic heterocycles. The molecule has 6 heteroatoms. The van der Waals surface area contributed by atoms with Gasteiger partial charge in [0, 0.05) is 17.3 Å². The quantitative estimate of drug-likeness (QED) is 0.725. The fourth-order valence-corrected chi connectivity index (χ4v) is 4.53. The Kier molecular flexibility index (Phi) is 6.75. The summed E-state index contributed by atoms with van der Waals surface area (Å²) >= 11 is 0. The maximum absolute atomic E-state index is 12.6. The number of sulfonamides is 1. The molecule has 1 saturated carbocycles. The summed E-state index contributed by atoms with van der Waals surface area (Å²) in [6.07, 6.45) is 4.88. The van der Waals surface area contributed by atoms with Crippen LogP contribution in [0.5, 0.6) is 0 Å². The fourth-order valence-electron chi connectivity index (χ4n) is 3.66. The molecule has 3 atom stereocenters. The maximum Gasteiger partial charge on any atom is 0.255 e. The Labute approximate surface area is 173 Å². The van der Waals surface area contributed by atoms with Crippen molar-refractivity contribution < 1.29 is 13.2 Å². The maximum atomic E-state index is 12.6. The fraction of sp³-hybridized carbons (Fsp3) is 0.348. The van der Waals surface area contributed by atoms with E-state index in [9.17, 15) is 13.2 Å². The van der Waals surface area contributed by atoms with Gasteiger partial charge in [-0.15, -0.1) is 0 Å². The van der Waals surface area contributed by atoms with Crippen LogP contribution in [0.25, 0.3) is 6.08 Å². The summed E-state index contributed by atoms with van der Waals surface area (Å²) in [6.45, 7) is 4.42. The minimum absolute atomic E-state index is 0.116. The molecule has 0 heterocycles. The van der Waals surface area contributed by atoms with Crippen LogP contribution < -0.4 is 10.0 Å². The Hall–Kier alpha value is -2.60. The van der Waals surface area contributed by atoms with Crippen molar-refractivity contribution in [1.82, 2.24) is 5.32 Å². The van der Waals surface area contributed by atoms with E-state index in [4.69, 9.17) is 0 Å². The van der Waals surface area contributed by atoms with Gasteiger partial charge in [0.25, 0.3) is 15.9 Å². The zero-order valence-corrected chi connectivity index (χ0v) is 17.7. The van der Waals surface area contributed by atoms with E-state index in [-0.39, 0.29) is 11.9 Å².